The molecular weight excluding hydrogens is 312 g/mol. The number of ether oxygens (including phenoxy) is 1. The van der Waals surface area contributed by atoms with Crippen molar-refractivity contribution in [3.63, 3.8) is 0 Å². The standard InChI is InChI=1S/C16H10F4N2O/c1-8-10(3-4-13(22)11(8)7-21)9-2-5-14-12(6-9)15(17,18)16(19,20)23-14/h2-6H,22H2,1H3. The second-order valence-electron chi connectivity index (χ2n) is 5.22. The maximum absolute atomic E-state index is 13.8. The van der Waals surface area contributed by atoms with Crippen LogP contribution in [0.4, 0.5) is 23.2 Å². The van der Waals surface area contributed by atoms with Gasteiger partial charge in [-0.1, -0.05) is 12.1 Å². The molecule has 3 rings (SSSR count). The third kappa shape index (κ3) is 2.02. The van der Waals surface area contributed by atoms with Crippen molar-refractivity contribution in [2.45, 2.75) is 19.0 Å². The topological polar surface area (TPSA) is 59.0 Å². The number of nitriles is 1. The van der Waals surface area contributed by atoms with Crippen molar-refractivity contribution in [3.05, 3.63) is 47.0 Å². The Morgan fingerprint density at radius 3 is 2.48 bits per heavy atom. The van der Waals surface area contributed by atoms with Crippen molar-refractivity contribution in [2.24, 2.45) is 0 Å². The molecule has 0 spiro atoms. The van der Waals surface area contributed by atoms with Gasteiger partial charge in [0.05, 0.1) is 11.1 Å². The molecular formula is C16H10F4N2O. The number of hydrogen-bond acceptors (Lipinski definition) is 3. The predicted molar refractivity (Wildman–Crippen MR) is 75.2 cm³/mol. The van der Waals surface area contributed by atoms with Crippen molar-refractivity contribution in [3.8, 4) is 22.9 Å². The van der Waals surface area contributed by atoms with Crippen LogP contribution in [0.1, 0.15) is 16.7 Å². The number of halogens is 4. The number of nitrogens with two attached hydrogens (primary N) is 1. The predicted octanol–water partition coefficient (Wildman–Crippen LogP) is 4.19. The van der Waals surface area contributed by atoms with Gasteiger partial charge in [-0.05, 0) is 41.8 Å². The molecule has 2 aromatic carbocycles. The first-order valence-electron chi connectivity index (χ1n) is 6.58. The first-order chi connectivity index (χ1) is 10.7. The minimum atomic E-state index is -4.58. The summed E-state index contributed by atoms with van der Waals surface area (Å²) in [5.41, 5.74) is 6.51. The third-order valence-corrected chi connectivity index (χ3v) is 3.84. The highest BCUT2D eigenvalue weighted by molar-refractivity contribution is 5.76. The number of alkyl halides is 4. The van der Waals surface area contributed by atoms with Crippen molar-refractivity contribution in [2.75, 3.05) is 5.73 Å². The highest BCUT2D eigenvalue weighted by Crippen LogP contribution is 2.54. The molecule has 0 atom stereocenters. The molecule has 1 aliphatic heterocycles. The van der Waals surface area contributed by atoms with Crippen LogP contribution in [-0.4, -0.2) is 6.11 Å². The lowest BCUT2D eigenvalue weighted by Gasteiger charge is -2.16. The molecule has 0 aromatic heterocycles. The van der Waals surface area contributed by atoms with Gasteiger partial charge in [0, 0.05) is 5.69 Å². The molecule has 0 radical (unpaired) electrons. The second kappa shape index (κ2) is 4.62. The number of hydrogen-bond donors (Lipinski definition) is 1. The van der Waals surface area contributed by atoms with Gasteiger partial charge in [-0.3, -0.25) is 0 Å². The number of rotatable bonds is 1. The van der Waals surface area contributed by atoms with Gasteiger partial charge in [0.15, 0.2) is 0 Å². The fourth-order valence-corrected chi connectivity index (χ4v) is 2.58. The van der Waals surface area contributed by atoms with E-state index in [9.17, 15) is 17.6 Å². The quantitative estimate of drug-likeness (QED) is 0.632. The Morgan fingerprint density at radius 1 is 1.13 bits per heavy atom. The molecule has 0 unspecified atom stereocenters. The van der Waals surface area contributed by atoms with Crippen LogP contribution in [-0.2, 0) is 5.92 Å². The van der Waals surface area contributed by atoms with E-state index in [0.717, 1.165) is 12.1 Å². The smallest absolute Gasteiger partial charge is 0.427 e. The summed E-state index contributed by atoms with van der Waals surface area (Å²) in [6.45, 7) is 1.61. The Kier molecular flexibility index (Phi) is 3.05. The van der Waals surface area contributed by atoms with E-state index in [1.165, 1.54) is 12.1 Å². The van der Waals surface area contributed by atoms with E-state index >= 15 is 0 Å². The Labute approximate surface area is 128 Å². The molecule has 3 nitrogen and oxygen atoms in total. The van der Waals surface area contributed by atoms with Crippen LogP contribution in [0.3, 0.4) is 0 Å². The normalized spacial score (nSPS) is 17.2. The fourth-order valence-electron chi connectivity index (χ4n) is 2.58. The zero-order valence-electron chi connectivity index (χ0n) is 11.8. The molecule has 118 valence electrons. The average Bonchev–Trinajstić information content (AvgIpc) is 2.65. The summed E-state index contributed by atoms with van der Waals surface area (Å²) in [5, 5.41) is 9.11. The monoisotopic (exact) mass is 322 g/mol. The Hall–Kier alpha value is -2.75. The van der Waals surface area contributed by atoms with Gasteiger partial charge in [-0.2, -0.15) is 22.8 Å². The molecule has 2 aromatic rings. The minimum absolute atomic E-state index is 0.219. The van der Waals surface area contributed by atoms with E-state index in [1.807, 2.05) is 6.07 Å². The van der Waals surface area contributed by atoms with Crippen LogP contribution >= 0.6 is 0 Å². The molecule has 0 aliphatic carbocycles. The van der Waals surface area contributed by atoms with E-state index in [1.54, 1.807) is 13.0 Å². The average molecular weight is 322 g/mol. The van der Waals surface area contributed by atoms with Crippen LogP contribution in [0.25, 0.3) is 11.1 Å². The highest BCUT2D eigenvalue weighted by Gasteiger charge is 2.66. The first-order valence-corrected chi connectivity index (χ1v) is 6.58. The Morgan fingerprint density at radius 2 is 1.83 bits per heavy atom. The van der Waals surface area contributed by atoms with Gasteiger partial charge in [0.25, 0.3) is 0 Å². The fraction of sp³-hybridized carbons (Fsp3) is 0.188. The summed E-state index contributed by atoms with van der Waals surface area (Å²) >= 11 is 0. The third-order valence-electron chi connectivity index (χ3n) is 3.84. The van der Waals surface area contributed by atoms with Crippen LogP contribution in [0.2, 0.25) is 0 Å². The molecule has 2 N–H and O–H groups in total. The highest BCUT2D eigenvalue weighted by atomic mass is 19.3. The molecule has 1 aliphatic rings. The summed E-state index contributed by atoms with van der Waals surface area (Å²) in [4.78, 5) is 0. The number of anilines is 1. The van der Waals surface area contributed by atoms with Crippen molar-refractivity contribution >= 4 is 5.69 Å². The molecule has 0 saturated carbocycles. The lowest BCUT2D eigenvalue weighted by Crippen LogP contribution is -2.36. The summed E-state index contributed by atoms with van der Waals surface area (Å²) in [6.07, 6.45) is -4.58. The van der Waals surface area contributed by atoms with Gasteiger partial charge in [0.2, 0.25) is 0 Å². The molecule has 0 bridgehead atoms. The Balaban J connectivity index is 2.18. The van der Waals surface area contributed by atoms with Gasteiger partial charge < -0.3 is 10.5 Å². The molecule has 0 fully saturated rings. The minimum Gasteiger partial charge on any atom is -0.427 e. The summed E-state index contributed by atoms with van der Waals surface area (Å²) in [6, 6.07) is 8.37. The molecule has 0 saturated heterocycles. The van der Waals surface area contributed by atoms with Crippen molar-refractivity contribution in [1.29, 1.82) is 5.26 Å². The zero-order valence-corrected chi connectivity index (χ0v) is 11.8. The van der Waals surface area contributed by atoms with Crippen molar-refractivity contribution in [1.82, 2.24) is 0 Å². The van der Waals surface area contributed by atoms with Crippen molar-refractivity contribution < 1.29 is 22.3 Å². The number of fused-ring (bicyclic) bond motifs is 1. The molecule has 23 heavy (non-hydrogen) atoms. The van der Waals surface area contributed by atoms with Gasteiger partial charge >= 0.3 is 12.0 Å². The van der Waals surface area contributed by atoms with E-state index in [4.69, 9.17) is 11.0 Å². The maximum Gasteiger partial charge on any atom is 0.469 e. The van der Waals surface area contributed by atoms with E-state index < -0.39 is 23.3 Å². The van der Waals surface area contributed by atoms with Gasteiger partial charge in [-0.15, -0.1) is 0 Å². The molecule has 0 amide bonds. The zero-order chi connectivity index (χ0) is 17.0. The number of benzene rings is 2. The maximum atomic E-state index is 13.8. The van der Waals surface area contributed by atoms with Gasteiger partial charge in [-0.25, -0.2) is 0 Å². The largest absolute Gasteiger partial charge is 0.469 e. The first kappa shape index (κ1) is 15.2. The lowest BCUT2D eigenvalue weighted by atomic mass is 9.94. The lowest BCUT2D eigenvalue weighted by molar-refractivity contribution is -0.296. The SMILES string of the molecule is Cc1c(-c2ccc3c(c2)C(F)(F)C(F)(F)O3)ccc(N)c1C#N. The summed E-state index contributed by atoms with van der Waals surface area (Å²) in [5.74, 6) is -4.98. The molecule has 1 heterocycles. The van der Waals surface area contributed by atoms with Gasteiger partial charge in [0.1, 0.15) is 11.8 Å². The van der Waals surface area contributed by atoms with Crippen LogP contribution in [0.15, 0.2) is 30.3 Å². The van der Waals surface area contributed by atoms with Crippen LogP contribution in [0, 0.1) is 18.3 Å². The van der Waals surface area contributed by atoms with E-state index in [-0.39, 0.29) is 16.8 Å². The number of nitrogens with zero attached hydrogens (tertiary/aromatic N) is 1. The van der Waals surface area contributed by atoms with Crippen LogP contribution < -0.4 is 10.5 Å². The van der Waals surface area contributed by atoms with E-state index in [2.05, 4.69) is 4.74 Å². The van der Waals surface area contributed by atoms with E-state index in [0.29, 0.717) is 11.1 Å². The second-order valence-corrected chi connectivity index (χ2v) is 5.22. The Bertz CT molecular complexity index is 856. The summed E-state index contributed by atoms with van der Waals surface area (Å²) < 4.78 is 58.1. The molecule has 7 heteroatoms. The number of nitrogen functional groups attached to an aromatic ring is 1. The summed E-state index contributed by atoms with van der Waals surface area (Å²) in [7, 11) is 0. The van der Waals surface area contributed by atoms with Crippen LogP contribution in [0.5, 0.6) is 5.75 Å².